The topological polar surface area (TPSA) is 115 Å². The second kappa shape index (κ2) is 9.38. The molecule has 2 aromatic carbocycles. The maximum absolute atomic E-state index is 12.3. The van der Waals surface area contributed by atoms with E-state index in [4.69, 9.17) is 9.15 Å². The third-order valence-electron chi connectivity index (χ3n) is 4.09. The monoisotopic (exact) mass is 428 g/mol. The Morgan fingerprint density at radius 1 is 1.00 bits per heavy atom. The van der Waals surface area contributed by atoms with Gasteiger partial charge in [0, 0.05) is 5.69 Å². The number of esters is 1. The number of ether oxygens (including phenoxy) is 1. The first-order valence-corrected chi connectivity index (χ1v) is 10.5. The molecular weight excluding hydrogens is 408 g/mol. The van der Waals surface area contributed by atoms with Gasteiger partial charge in [-0.25, -0.2) is 17.9 Å². The van der Waals surface area contributed by atoms with E-state index < -0.39 is 28.5 Å². The van der Waals surface area contributed by atoms with E-state index >= 15 is 0 Å². The predicted molar refractivity (Wildman–Crippen MR) is 109 cm³/mol. The van der Waals surface area contributed by atoms with E-state index in [-0.39, 0.29) is 17.0 Å². The highest BCUT2D eigenvalue weighted by Gasteiger charge is 2.16. The van der Waals surface area contributed by atoms with Crippen molar-refractivity contribution in [1.82, 2.24) is 4.72 Å². The molecule has 0 saturated carbocycles. The van der Waals surface area contributed by atoms with Crippen LogP contribution in [0.25, 0.3) is 0 Å². The number of carbonyl (C=O) groups excluding carboxylic acids is 2. The van der Waals surface area contributed by atoms with Gasteiger partial charge in [-0.15, -0.1) is 0 Å². The van der Waals surface area contributed by atoms with Crippen LogP contribution in [0.2, 0.25) is 0 Å². The van der Waals surface area contributed by atoms with Crippen LogP contribution in [0.5, 0.6) is 0 Å². The van der Waals surface area contributed by atoms with Crippen molar-refractivity contribution in [2.45, 2.75) is 18.4 Å². The lowest BCUT2D eigenvalue weighted by atomic mass is 10.2. The summed E-state index contributed by atoms with van der Waals surface area (Å²) in [5.74, 6) is -0.738. The molecule has 0 spiro atoms. The molecule has 0 bridgehead atoms. The number of hydrogen-bond acceptors (Lipinski definition) is 6. The second-order valence-corrected chi connectivity index (χ2v) is 8.19. The Kier molecular flexibility index (Phi) is 6.65. The third kappa shape index (κ3) is 5.79. The quantitative estimate of drug-likeness (QED) is 0.533. The van der Waals surface area contributed by atoms with Gasteiger partial charge in [0.2, 0.25) is 10.0 Å². The Labute approximate surface area is 173 Å². The summed E-state index contributed by atoms with van der Waals surface area (Å²) in [4.78, 5) is 24.0. The molecule has 9 heteroatoms. The summed E-state index contributed by atoms with van der Waals surface area (Å²) in [5.41, 5.74) is 1.78. The molecule has 3 rings (SSSR count). The first-order chi connectivity index (χ1) is 14.3. The largest absolute Gasteiger partial charge is 0.468 e. The smallest absolute Gasteiger partial charge is 0.338 e. The fourth-order valence-electron chi connectivity index (χ4n) is 2.48. The van der Waals surface area contributed by atoms with Gasteiger partial charge in [-0.05, 0) is 55.5 Å². The second-order valence-electron chi connectivity index (χ2n) is 6.42. The lowest BCUT2D eigenvalue weighted by Gasteiger charge is -2.08. The Hall–Kier alpha value is -3.43. The van der Waals surface area contributed by atoms with Crippen LogP contribution in [-0.4, -0.2) is 26.9 Å². The zero-order chi connectivity index (χ0) is 21.6. The first-order valence-electron chi connectivity index (χ1n) is 8.99. The molecule has 1 aromatic heterocycles. The van der Waals surface area contributed by atoms with Crippen LogP contribution < -0.4 is 10.0 Å². The molecule has 2 N–H and O–H groups in total. The number of aryl methyl sites for hydroxylation is 1. The Morgan fingerprint density at radius 3 is 2.33 bits per heavy atom. The van der Waals surface area contributed by atoms with E-state index in [2.05, 4.69) is 10.0 Å². The molecule has 156 valence electrons. The molecule has 0 saturated heterocycles. The number of rotatable bonds is 8. The fraction of sp³-hybridized carbons (Fsp3) is 0.143. The van der Waals surface area contributed by atoms with Crippen LogP contribution in [0.15, 0.2) is 76.2 Å². The minimum atomic E-state index is -3.77. The molecule has 0 atom stereocenters. The third-order valence-corrected chi connectivity index (χ3v) is 5.50. The number of furan rings is 1. The summed E-state index contributed by atoms with van der Waals surface area (Å²) < 4.78 is 37.1. The Bertz CT molecular complexity index is 1110. The zero-order valence-corrected chi connectivity index (χ0v) is 16.9. The van der Waals surface area contributed by atoms with E-state index in [1.54, 1.807) is 24.3 Å². The van der Waals surface area contributed by atoms with Gasteiger partial charge in [-0.2, -0.15) is 0 Å². The highest BCUT2D eigenvalue weighted by molar-refractivity contribution is 7.89. The molecule has 3 aromatic rings. The van der Waals surface area contributed by atoms with E-state index in [1.165, 1.54) is 30.5 Å². The molecular formula is C21H20N2O6S. The number of hydrogen-bond donors (Lipinski definition) is 2. The number of benzene rings is 2. The maximum atomic E-state index is 12.3. The van der Waals surface area contributed by atoms with Gasteiger partial charge in [0.15, 0.2) is 6.61 Å². The average molecular weight is 428 g/mol. The number of sulfonamides is 1. The van der Waals surface area contributed by atoms with Crippen LogP contribution in [-0.2, 0) is 26.1 Å². The SMILES string of the molecule is Cc1ccc(NC(=O)COC(=O)c2ccc(S(=O)(=O)NCc3ccco3)cc2)cc1. The van der Waals surface area contributed by atoms with E-state index in [0.29, 0.717) is 11.4 Å². The summed E-state index contributed by atoms with van der Waals surface area (Å²) in [5, 5.41) is 2.62. The van der Waals surface area contributed by atoms with Crippen molar-refractivity contribution in [1.29, 1.82) is 0 Å². The Balaban J connectivity index is 1.52. The first kappa shape index (κ1) is 21.3. The summed E-state index contributed by atoms with van der Waals surface area (Å²) in [6, 6.07) is 15.7. The predicted octanol–water partition coefficient (Wildman–Crippen LogP) is 2.86. The van der Waals surface area contributed by atoms with Crippen molar-refractivity contribution < 1.29 is 27.2 Å². The molecule has 1 heterocycles. The highest BCUT2D eigenvalue weighted by atomic mass is 32.2. The van der Waals surface area contributed by atoms with Gasteiger partial charge in [0.05, 0.1) is 23.3 Å². The minimum Gasteiger partial charge on any atom is -0.468 e. The van der Waals surface area contributed by atoms with Crippen LogP contribution >= 0.6 is 0 Å². The van der Waals surface area contributed by atoms with Gasteiger partial charge in [0.1, 0.15) is 5.76 Å². The van der Waals surface area contributed by atoms with Crippen LogP contribution in [0, 0.1) is 6.92 Å². The van der Waals surface area contributed by atoms with Gasteiger partial charge >= 0.3 is 5.97 Å². The molecule has 30 heavy (non-hydrogen) atoms. The van der Waals surface area contributed by atoms with Crippen LogP contribution in [0.3, 0.4) is 0 Å². The Morgan fingerprint density at radius 2 is 1.70 bits per heavy atom. The molecule has 0 unspecified atom stereocenters. The lowest BCUT2D eigenvalue weighted by molar-refractivity contribution is -0.119. The van der Waals surface area contributed by atoms with Gasteiger partial charge in [-0.3, -0.25) is 4.79 Å². The molecule has 8 nitrogen and oxygen atoms in total. The number of nitrogens with one attached hydrogen (secondary N) is 2. The standard InChI is InChI=1S/C21H20N2O6S/c1-15-4-8-17(9-5-15)23-20(24)14-29-21(25)16-6-10-19(11-7-16)30(26,27)22-13-18-3-2-12-28-18/h2-12,22H,13-14H2,1H3,(H,23,24). The van der Waals surface area contributed by atoms with Crippen molar-refractivity contribution in [2.24, 2.45) is 0 Å². The van der Waals surface area contributed by atoms with Crippen molar-refractivity contribution in [2.75, 3.05) is 11.9 Å². The van der Waals surface area contributed by atoms with Crippen molar-refractivity contribution >= 4 is 27.6 Å². The van der Waals surface area contributed by atoms with Crippen molar-refractivity contribution in [3.63, 3.8) is 0 Å². The number of anilines is 1. The normalized spacial score (nSPS) is 11.1. The summed E-state index contributed by atoms with van der Waals surface area (Å²) in [7, 11) is -3.77. The zero-order valence-electron chi connectivity index (χ0n) is 16.1. The van der Waals surface area contributed by atoms with E-state index in [0.717, 1.165) is 5.56 Å². The molecule has 0 aliphatic heterocycles. The van der Waals surface area contributed by atoms with Gasteiger partial charge in [-0.1, -0.05) is 17.7 Å². The van der Waals surface area contributed by atoms with Gasteiger partial charge < -0.3 is 14.5 Å². The van der Waals surface area contributed by atoms with Crippen LogP contribution in [0.1, 0.15) is 21.7 Å². The highest BCUT2D eigenvalue weighted by Crippen LogP contribution is 2.13. The molecule has 0 aliphatic rings. The molecule has 0 aliphatic carbocycles. The van der Waals surface area contributed by atoms with E-state index in [1.807, 2.05) is 19.1 Å². The minimum absolute atomic E-state index is 0.00915. The number of amides is 1. The summed E-state index contributed by atoms with van der Waals surface area (Å²) in [6.45, 7) is 1.48. The molecule has 0 fully saturated rings. The van der Waals surface area contributed by atoms with E-state index in [9.17, 15) is 18.0 Å². The van der Waals surface area contributed by atoms with Crippen molar-refractivity contribution in [3.05, 3.63) is 83.8 Å². The average Bonchev–Trinajstić information content (AvgIpc) is 3.26. The fourth-order valence-corrected chi connectivity index (χ4v) is 3.47. The van der Waals surface area contributed by atoms with Gasteiger partial charge in [0.25, 0.3) is 5.91 Å². The molecule has 0 radical (unpaired) electrons. The number of carbonyl (C=O) groups is 2. The summed E-state index contributed by atoms with van der Waals surface area (Å²) in [6.07, 6.45) is 1.45. The van der Waals surface area contributed by atoms with Crippen molar-refractivity contribution in [3.8, 4) is 0 Å². The summed E-state index contributed by atoms with van der Waals surface area (Å²) >= 11 is 0. The lowest BCUT2D eigenvalue weighted by Crippen LogP contribution is -2.23. The van der Waals surface area contributed by atoms with Crippen LogP contribution in [0.4, 0.5) is 5.69 Å². The molecule has 1 amide bonds. The maximum Gasteiger partial charge on any atom is 0.338 e.